The van der Waals surface area contributed by atoms with Gasteiger partial charge in [0.05, 0.1) is 33.0 Å². The molecule has 2 aromatic heterocycles. The second kappa shape index (κ2) is 8.49. The van der Waals surface area contributed by atoms with Gasteiger partial charge in [0, 0.05) is 19.0 Å². The van der Waals surface area contributed by atoms with Crippen molar-refractivity contribution in [2.75, 3.05) is 6.54 Å². The van der Waals surface area contributed by atoms with E-state index in [4.69, 9.17) is 11.6 Å². The molecule has 0 radical (unpaired) electrons. The van der Waals surface area contributed by atoms with Crippen LogP contribution in [0.4, 0.5) is 8.78 Å². The summed E-state index contributed by atoms with van der Waals surface area (Å²) in [6.45, 7) is 2.40. The van der Waals surface area contributed by atoms with E-state index in [0.717, 1.165) is 15.3 Å². The predicted octanol–water partition coefficient (Wildman–Crippen LogP) is 4.75. The molecule has 154 valence electrons. The molecule has 0 saturated heterocycles. The van der Waals surface area contributed by atoms with E-state index in [9.17, 15) is 13.6 Å². The lowest BCUT2D eigenvalue weighted by Crippen LogP contribution is -2.26. The molecule has 0 spiro atoms. The summed E-state index contributed by atoms with van der Waals surface area (Å²) in [5.74, 6) is -0.967. The number of aryl methyl sites for hydroxylation is 1. The normalized spacial score (nSPS) is 11.2. The summed E-state index contributed by atoms with van der Waals surface area (Å²) in [6, 6.07) is 10.5. The van der Waals surface area contributed by atoms with Gasteiger partial charge < -0.3 is 5.32 Å². The highest BCUT2D eigenvalue weighted by Gasteiger charge is 2.20. The van der Waals surface area contributed by atoms with Gasteiger partial charge in [-0.3, -0.25) is 4.79 Å². The number of thiazole rings is 1. The van der Waals surface area contributed by atoms with Crippen LogP contribution < -0.4 is 5.32 Å². The van der Waals surface area contributed by atoms with E-state index in [0.29, 0.717) is 36.3 Å². The highest BCUT2D eigenvalue weighted by Crippen LogP contribution is 2.23. The molecule has 2 aromatic carbocycles. The van der Waals surface area contributed by atoms with Gasteiger partial charge in [-0.25, -0.2) is 18.4 Å². The Hall–Kier alpha value is -2.84. The maximum atomic E-state index is 13.3. The molecule has 0 saturated carbocycles. The zero-order valence-corrected chi connectivity index (χ0v) is 17.5. The van der Waals surface area contributed by atoms with Crippen molar-refractivity contribution in [3.8, 4) is 0 Å². The largest absolute Gasteiger partial charge is 0.351 e. The Balaban J connectivity index is 1.41. The maximum Gasteiger partial charge on any atom is 0.256 e. The molecular weight excluding hydrogens is 430 g/mol. The topological polar surface area (TPSA) is 59.8 Å². The van der Waals surface area contributed by atoms with Gasteiger partial charge in [-0.2, -0.15) is 5.10 Å². The number of halogens is 3. The lowest BCUT2D eigenvalue weighted by Gasteiger charge is -2.05. The average molecular weight is 447 g/mol. The summed E-state index contributed by atoms with van der Waals surface area (Å²) in [5, 5.41) is 8.21. The van der Waals surface area contributed by atoms with Crippen molar-refractivity contribution in [2.24, 2.45) is 0 Å². The first kappa shape index (κ1) is 20.4. The molecule has 2 heterocycles. The molecule has 1 N–H and O–H groups in total. The predicted molar refractivity (Wildman–Crippen MR) is 113 cm³/mol. The van der Waals surface area contributed by atoms with Gasteiger partial charge in [-0.1, -0.05) is 23.7 Å². The van der Waals surface area contributed by atoms with Crippen LogP contribution in [0.5, 0.6) is 0 Å². The van der Waals surface area contributed by atoms with Gasteiger partial charge in [0.2, 0.25) is 0 Å². The van der Waals surface area contributed by atoms with Crippen molar-refractivity contribution in [3.63, 3.8) is 0 Å². The van der Waals surface area contributed by atoms with Crippen molar-refractivity contribution in [2.45, 2.75) is 19.9 Å². The molecule has 0 bridgehead atoms. The summed E-state index contributed by atoms with van der Waals surface area (Å²) in [4.78, 5) is 17.0. The molecule has 0 aliphatic rings. The zero-order chi connectivity index (χ0) is 21.3. The summed E-state index contributed by atoms with van der Waals surface area (Å²) in [6.07, 6.45) is 0.521. The van der Waals surface area contributed by atoms with Crippen LogP contribution >= 0.6 is 22.9 Å². The van der Waals surface area contributed by atoms with E-state index in [1.165, 1.54) is 40.3 Å². The Morgan fingerprint density at radius 3 is 2.67 bits per heavy atom. The van der Waals surface area contributed by atoms with Crippen LogP contribution in [0.2, 0.25) is 5.15 Å². The van der Waals surface area contributed by atoms with E-state index in [2.05, 4.69) is 15.4 Å². The van der Waals surface area contributed by atoms with Crippen LogP contribution in [0.1, 0.15) is 26.6 Å². The monoisotopic (exact) mass is 446 g/mol. The van der Waals surface area contributed by atoms with Crippen molar-refractivity contribution < 1.29 is 13.6 Å². The van der Waals surface area contributed by atoms with E-state index < -0.39 is 0 Å². The fraction of sp³-hybridized carbons (Fsp3) is 0.190. The molecule has 0 unspecified atom stereocenters. The highest BCUT2D eigenvalue weighted by atomic mass is 35.5. The Morgan fingerprint density at radius 1 is 1.17 bits per heavy atom. The van der Waals surface area contributed by atoms with E-state index in [-0.39, 0.29) is 22.7 Å². The van der Waals surface area contributed by atoms with Gasteiger partial charge in [-0.05, 0) is 36.8 Å². The molecule has 0 aliphatic heterocycles. The average Bonchev–Trinajstić information content (AvgIpc) is 3.23. The fourth-order valence-electron chi connectivity index (χ4n) is 3.11. The maximum absolute atomic E-state index is 13.3. The minimum absolute atomic E-state index is 0.227. The van der Waals surface area contributed by atoms with Crippen LogP contribution in [0.3, 0.4) is 0 Å². The lowest BCUT2D eigenvalue weighted by atomic mass is 10.2. The second-order valence-corrected chi connectivity index (χ2v) is 8.23. The Morgan fingerprint density at radius 2 is 1.90 bits per heavy atom. The van der Waals surface area contributed by atoms with Crippen LogP contribution in [-0.2, 0) is 13.0 Å². The zero-order valence-electron chi connectivity index (χ0n) is 16.0. The number of carbonyl (C=O) groups is 1. The number of nitrogens with one attached hydrogen (secondary N) is 1. The van der Waals surface area contributed by atoms with Crippen LogP contribution in [0.15, 0.2) is 42.5 Å². The van der Waals surface area contributed by atoms with Crippen molar-refractivity contribution in [1.29, 1.82) is 0 Å². The number of nitrogens with zero attached hydrogens (tertiary/aromatic N) is 3. The quantitative estimate of drug-likeness (QED) is 0.465. The van der Waals surface area contributed by atoms with Gasteiger partial charge in [0.1, 0.15) is 16.8 Å². The lowest BCUT2D eigenvalue weighted by molar-refractivity contribution is 0.0953. The fourth-order valence-corrected chi connectivity index (χ4v) is 4.37. The number of hydrogen-bond donors (Lipinski definition) is 1. The summed E-state index contributed by atoms with van der Waals surface area (Å²) in [5.41, 5.74) is 2.25. The van der Waals surface area contributed by atoms with Gasteiger partial charge in [-0.15, -0.1) is 11.3 Å². The van der Waals surface area contributed by atoms with Crippen LogP contribution in [-0.4, -0.2) is 27.2 Å². The van der Waals surface area contributed by atoms with Crippen LogP contribution in [0.25, 0.3) is 10.2 Å². The number of benzene rings is 2. The SMILES string of the molecule is Cc1nn(Cc2ccc(F)cc2)c(Cl)c1C(=O)NCCc1nc2cc(F)ccc2s1. The molecule has 5 nitrogen and oxygen atoms in total. The van der Waals surface area contributed by atoms with E-state index in [1.807, 2.05) is 0 Å². The number of amides is 1. The van der Waals surface area contributed by atoms with Crippen LogP contribution in [0, 0.1) is 18.6 Å². The minimum atomic E-state index is -0.324. The van der Waals surface area contributed by atoms with Crippen molar-refractivity contribution >= 4 is 39.1 Å². The van der Waals surface area contributed by atoms with Gasteiger partial charge in [0.15, 0.2) is 0 Å². The third-order valence-corrected chi connectivity index (χ3v) is 6.04. The molecule has 0 aliphatic carbocycles. The van der Waals surface area contributed by atoms with Gasteiger partial charge >= 0.3 is 0 Å². The molecule has 0 fully saturated rings. The molecule has 9 heteroatoms. The highest BCUT2D eigenvalue weighted by molar-refractivity contribution is 7.18. The number of aromatic nitrogens is 3. The number of fused-ring (bicyclic) bond motifs is 1. The molecule has 30 heavy (non-hydrogen) atoms. The van der Waals surface area contributed by atoms with E-state index >= 15 is 0 Å². The molecule has 0 atom stereocenters. The van der Waals surface area contributed by atoms with Crippen molar-refractivity contribution in [3.05, 3.63) is 81.1 Å². The molecule has 1 amide bonds. The standard InChI is InChI=1S/C21H17ClF2N4OS/c1-12-19(20(22)28(27-12)11-13-2-4-14(23)5-3-13)21(29)25-9-8-18-26-16-10-15(24)6-7-17(16)30-18/h2-7,10H,8-9,11H2,1H3,(H,25,29). The second-order valence-electron chi connectivity index (χ2n) is 6.76. The first-order valence-corrected chi connectivity index (χ1v) is 10.4. The Labute approximate surface area is 180 Å². The minimum Gasteiger partial charge on any atom is -0.351 e. The molecule has 4 aromatic rings. The summed E-state index contributed by atoms with van der Waals surface area (Å²) >= 11 is 7.86. The molecular formula is C21H17ClF2N4OS. The Kier molecular flexibility index (Phi) is 5.78. The molecule has 4 rings (SSSR count). The number of carbonyl (C=O) groups excluding carboxylic acids is 1. The third-order valence-electron chi connectivity index (χ3n) is 4.56. The first-order chi connectivity index (χ1) is 14.4. The first-order valence-electron chi connectivity index (χ1n) is 9.21. The number of hydrogen-bond acceptors (Lipinski definition) is 4. The summed E-state index contributed by atoms with van der Waals surface area (Å²) < 4.78 is 28.8. The Bertz CT molecular complexity index is 1220. The van der Waals surface area contributed by atoms with E-state index in [1.54, 1.807) is 25.1 Å². The number of rotatable bonds is 6. The third kappa shape index (κ3) is 4.34. The van der Waals surface area contributed by atoms with Crippen molar-refractivity contribution in [1.82, 2.24) is 20.1 Å². The van der Waals surface area contributed by atoms with Gasteiger partial charge in [0.25, 0.3) is 5.91 Å². The smallest absolute Gasteiger partial charge is 0.256 e. The summed E-state index contributed by atoms with van der Waals surface area (Å²) in [7, 11) is 0.